The van der Waals surface area contributed by atoms with Gasteiger partial charge < -0.3 is 19.5 Å². The van der Waals surface area contributed by atoms with Gasteiger partial charge in [0.1, 0.15) is 12.6 Å². The highest BCUT2D eigenvalue weighted by molar-refractivity contribution is 7.99. The maximum atomic E-state index is 13.0. The minimum absolute atomic E-state index is 0.277. The van der Waals surface area contributed by atoms with Gasteiger partial charge in [-0.15, -0.1) is 5.10 Å². The maximum absolute atomic E-state index is 13.0. The number of fused-ring (bicyclic) bond motifs is 1. The molecule has 178 valence electrons. The van der Waals surface area contributed by atoms with Crippen molar-refractivity contribution < 1.29 is 19.0 Å². The zero-order valence-electron chi connectivity index (χ0n) is 19.7. The van der Waals surface area contributed by atoms with Crippen LogP contribution in [0.15, 0.2) is 65.0 Å². The largest absolute Gasteiger partial charge is 0.493 e. The molecule has 0 saturated carbocycles. The number of anilines is 1. The molecule has 1 unspecified atom stereocenters. The van der Waals surface area contributed by atoms with Crippen LogP contribution in [0, 0.1) is 0 Å². The van der Waals surface area contributed by atoms with Crippen LogP contribution in [0.2, 0.25) is 0 Å². The van der Waals surface area contributed by atoms with E-state index in [0.717, 1.165) is 16.9 Å². The summed E-state index contributed by atoms with van der Waals surface area (Å²) in [6.07, 6.45) is 0. The van der Waals surface area contributed by atoms with Crippen LogP contribution >= 0.6 is 11.8 Å². The molecule has 1 aliphatic heterocycles. The number of aromatic nitrogens is 3. The molecule has 2 heterocycles. The summed E-state index contributed by atoms with van der Waals surface area (Å²) < 4.78 is 18.8. The third kappa shape index (κ3) is 4.89. The summed E-state index contributed by atoms with van der Waals surface area (Å²) >= 11 is 1.54. The normalized spacial score (nSPS) is 14.9. The van der Waals surface area contributed by atoms with Gasteiger partial charge in [-0.2, -0.15) is 4.98 Å². The standard InChI is InChI=1S/C25H28N4O4S/c1-5-32-23(30)21-16(3)26-24-27-25(34-6-2)28-29(24)22(21)18-12-13-19(20(14-18)31-4)33-15-17-10-8-7-9-11-17/h7-14,22H,5-6,15H2,1-4H3,(H,26,27,28). The first kappa shape index (κ1) is 23.7. The number of rotatable bonds is 9. The number of hydrogen-bond donors (Lipinski definition) is 1. The second-order valence-corrected chi connectivity index (χ2v) is 8.80. The summed E-state index contributed by atoms with van der Waals surface area (Å²) in [5.41, 5.74) is 3.03. The number of hydrogen-bond acceptors (Lipinski definition) is 8. The molecule has 1 aliphatic rings. The van der Waals surface area contributed by atoms with Crippen LogP contribution in [0.1, 0.15) is 37.9 Å². The van der Waals surface area contributed by atoms with Crippen molar-refractivity contribution in [3.63, 3.8) is 0 Å². The molecule has 3 aromatic rings. The van der Waals surface area contributed by atoms with E-state index in [4.69, 9.17) is 14.2 Å². The smallest absolute Gasteiger partial charge is 0.338 e. The summed E-state index contributed by atoms with van der Waals surface area (Å²) in [6.45, 7) is 6.37. The minimum atomic E-state index is -0.522. The van der Waals surface area contributed by atoms with E-state index in [0.29, 0.717) is 40.5 Å². The highest BCUT2D eigenvalue weighted by Crippen LogP contribution is 2.40. The molecular formula is C25H28N4O4S. The third-order valence-corrected chi connectivity index (χ3v) is 6.06. The van der Waals surface area contributed by atoms with E-state index < -0.39 is 12.0 Å². The first-order valence-corrected chi connectivity index (χ1v) is 12.1. The summed E-state index contributed by atoms with van der Waals surface area (Å²) in [4.78, 5) is 17.6. The fraction of sp³-hybridized carbons (Fsp3) is 0.320. The molecule has 0 saturated heterocycles. The van der Waals surface area contributed by atoms with Crippen molar-refractivity contribution in [2.24, 2.45) is 0 Å². The monoisotopic (exact) mass is 480 g/mol. The van der Waals surface area contributed by atoms with Crippen molar-refractivity contribution in [2.75, 3.05) is 24.8 Å². The molecule has 9 heteroatoms. The lowest BCUT2D eigenvalue weighted by Gasteiger charge is -2.28. The van der Waals surface area contributed by atoms with Crippen LogP contribution in [0.4, 0.5) is 5.95 Å². The molecule has 4 rings (SSSR count). The Morgan fingerprint density at radius 3 is 2.65 bits per heavy atom. The van der Waals surface area contributed by atoms with E-state index in [-0.39, 0.29) is 6.61 Å². The lowest BCUT2D eigenvalue weighted by molar-refractivity contribution is -0.139. The average Bonchev–Trinajstić information content (AvgIpc) is 3.24. The van der Waals surface area contributed by atoms with Crippen LogP contribution in [0.3, 0.4) is 0 Å². The maximum Gasteiger partial charge on any atom is 0.338 e. The highest BCUT2D eigenvalue weighted by Gasteiger charge is 2.35. The molecule has 0 aliphatic carbocycles. The number of methoxy groups -OCH3 is 1. The lowest BCUT2D eigenvalue weighted by Crippen LogP contribution is -2.29. The Hall–Kier alpha value is -3.46. The van der Waals surface area contributed by atoms with Crippen molar-refractivity contribution in [2.45, 2.75) is 38.6 Å². The molecule has 0 radical (unpaired) electrons. The molecular weight excluding hydrogens is 452 g/mol. The van der Waals surface area contributed by atoms with Gasteiger partial charge in [-0.05, 0) is 42.9 Å². The number of thioether (sulfide) groups is 1. The first-order chi connectivity index (χ1) is 16.5. The van der Waals surface area contributed by atoms with E-state index >= 15 is 0 Å². The van der Waals surface area contributed by atoms with E-state index in [9.17, 15) is 4.79 Å². The molecule has 0 fully saturated rings. The summed E-state index contributed by atoms with van der Waals surface area (Å²) in [5.74, 6) is 2.20. The molecule has 0 spiro atoms. The second kappa shape index (κ2) is 10.6. The van der Waals surface area contributed by atoms with Gasteiger partial charge >= 0.3 is 5.97 Å². The van der Waals surface area contributed by atoms with Gasteiger partial charge in [-0.1, -0.05) is 55.1 Å². The molecule has 0 bridgehead atoms. The number of carbonyl (C=O) groups is 1. The van der Waals surface area contributed by atoms with Crippen LogP contribution < -0.4 is 14.8 Å². The lowest BCUT2D eigenvalue weighted by atomic mass is 9.95. The molecule has 1 aromatic heterocycles. The Balaban J connectivity index is 1.72. The number of ether oxygens (including phenoxy) is 3. The number of esters is 1. The van der Waals surface area contributed by atoms with E-state index in [1.54, 1.807) is 18.7 Å². The van der Waals surface area contributed by atoms with Gasteiger partial charge in [0.15, 0.2) is 11.5 Å². The van der Waals surface area contributed by atoms with Gasteiger partial charge in [0.05, 0.1) is 19.3 Å². The second-order valence-electron chi connectivity index (χ2n) is 7.57. The van der Waals surface area contributed by atoms with Crippen molar-refractivity contribution in [1.82, 2.24) is 14.8 Å². The SMILES string of the molecule is CCOC(=O)C1=C(C)Nc2nc(SCC)nn2C1c1ccc(OCc2ccccc2)c(OC)c1. The van der Waals surface area contributed by atoms with Crippen molar-refractivity contribution in [3.05, 3.63) is 70.9 Å². The van der Waals surface area contributed by atoms with E-state index in [1.807, 2.05) is 62.4 Å². The van der Waals surface area contributed by atoms with Gasteiger partial charge in [-0.25, -0.2) is 9.48 Å². The van der Waals surface area contributed by atoms with Crippen LogP contribution in [-0.2, 0) is 16.1 Å². The van der Waals surface area contributed by atoms with Crippen molar-refractivity contribution in [1.29, 1.82) is 0 Å². The topological polar surface area (TPSA) is 87.5 Å². The molecule has 8 nitrogen and oxygen atoms in total. The molecule has 1 atom stereocenters. The minimum Gasteiger partial charge on any atom is -0.493 e. The molecule has 2 aromatic carbocycles. The zero-order chi connectivity index (χ0) is 24.1. The summed E-state index contributed by atoms with van der Waals surface area (Å²) in [5, 5.41) is 8.52. The predicted octanol–water partition coefficient (Wildman–Crippen LogP) is 4.83. The Morgan fingerprint density at radius 1 is 1.15 bits per heavy atom. The van der Waals surface area contributed by atoms with Gasteiger partial charge in [-0.3, -0.25) is 0 Å². The molecule has 34 heavy (non-hydrogen) atoms. The van der Waals surface area contributed by atoms with Crippen molar-refractivity contribution in [3.8, 4) is 11.5 Å². The molecule has 0 amide bonds. The fourth-order valence-electron chi connectivity index (χ4n) is 3.81. The molecule has 1 N–H and O–H groups in total. The summed E-state index contributed by atoms with van der Waals surface area (Å²) in [7, 11) is 1.60. The Morgan fingerprint density at radius 2 is 1.94 bits per heavy atom. The first-order valence-electron chi connectivity index (χ1n) is 11.1. The number of benzene rings is 2. The van der Waals surface area contributed by atoms with Crippen LogP contribution in [0.5, 0.6) is 11.5 Å². The van der Waals surface area contributed by atoms with Gasteiger partial charge in [0, 0.05) is 5.70 Å². The average molecular weight is 481 g/mol. The van der Waals surface area contributed by atoms with Gasteiger partial charge in [0.25, 0.3) is 0 Å². The Labute approximate surface area is 203 Å². The third-order valence-electron chi connectivity index (χ3n) is 5.34. The Kier molecular flexibility index (Phi) is 7.42. The van der Waals surface area contributed by atoms with E-state index in [2.05, 4.69) is 15.4 Å². The summed E-state index contributed by atoms with van der Waals surface area (Å²) in [6, 6.07) is 15.1. The van der Waals surface area contributed by atoms with Crippen LogP contribution in [0.25, 0.3) is 0 Å². The van der Waals surface area contributed by atoms with Crippen molar-refractivity contribution >= 4 is 23.7 Å². The van der Waals surface area contributed by atoms with E-state index in [1.165, 1.54) is 11.8 Å². The van der Waals surface area contributed by atoms with Gasteiger partial charge in [0.2, 0.25) is 11.1 Å². The van der Waals surface area contributed by atoms with Crippen LogP contribution in [-0.4, -0.2) is 40.2 Å². The number of nitrogens with one attached hydrogen (secondary N) is 1. The number of nitrogens with zero attached hydrogens (tertiary/aromatic N) is 3. The number of carbonyl (C=O) groups excluding carboxylic acids is 1. The quantitative estimate of drug-likeness (QED) is 0.344. The fourth-order valence-corrected chi connectivity index (χ4v) is 4.37. The predicted molar refractivity (Wildman–Crippen MR) is 131 cm³/mol. The number of allylic oxidation sites excluding steroid dienone is 1. The zero-order valence-corrected chi connectivity index (χ0v) is 20.5. The Bertz CT molecular complexity index is 1190. The highest BCUT2D eigenvalue weighted by atomic mass is 32.2.